The van der Waals surface area contributed by atoms with Gasteiger partial charge in [-0.1, -0.05) is 23.7 Å². The summed E-state index contributed by atoms with van der Waals surface area (Å²) in [6.07, 6.45) is 0.730. The van der Waals surface area contributed by atoms with Crippen LogP contribution in [0, 0.1) is 10.1 Å². The van der Waals surface area contributed by atoms with Gasteiger partial charge in [-0.25, -0.2) is 14.8 Å². The molecule has 1 aliphatic heterocycles. The van der Waals surface area contributed by atoms with Crippen molar-refractivity contribution in [2.24, 2.45) is 0 Å². The Balaban J connectivity index is 1.74. The summed E-state index contributed by atoms with van der Waals surface area (Å²) in [6, 6.07) is 6.39. The van der Waals surface area contributed by atoms with Crippen molar-refractivity contribution in [1.82, 2.24) is 20.3 Å². The molecule has 0 unspecified atom stereocenters. The van der Waals surface area contributed by atoms with E-state index in [9.17, 15) is 19.7 Å². The molecule has 0 atom stereocenters. The normalized spacial score (nSPS) is 13.5. The van der Waals surface area contributed by atoms with Crippen molar-refractivity contribution in [2.75, 3.05) is 43.1 Å². The maximum absolute atomic E-state index is 12.3. The van der Waals surface area contributed by atoms with Gasteiger partial charge in [0.25, 0.3) is 5.91 Å². The van der Waals surface area contributed by atoms with E-state index in [1.807, 2.05) is 0 Å². The van der Waals surface area contributed by atoms with Gasteiger partial charge >= 0.3 is 11.8 Å². The van der Waals surface area contributed by atoms with Gasteiger partial charge in [-0.2, -0.15) is 0 Å². The van der Waals surface area contributed by atoms with Crippen LogP contribution in [0.2, 0.25) is 5.02 Å². The Kier molecular flexibility index (Phi) is 7.03. The molecule has 3 rings (SSSR count). The molecule has 0 radical (unpaired) electrons. The average molecular weight is 450 g/mol. The number of piperazine rings is 1. The van der Waals surface area contributed by atoms with Crippen LogP contribution in [0.25, 0.3) is 0 Å². The average Bonchev–Trinajstić information content (AvgIpc) is 2.77. The highest BCUT2D eigenvalue weighted by Crippen LogP contribution is 2.32. The van der Waals surface area contributed by atoms with Gasteiger partial charge in [0.15, 0.2) is 0 Å². The van der Waals surface area contributed by atoms with Crippen LogP contribution in [0.3, 0.4) is 0 Å². The quantitative estimate of drug-likeness (QED) is 0.500. The zero-order valence-corrected chi connectivity index (χ0v) is 17.3. The highest BCUT2D eigenvalue weighted by atomic mass is 35.5. The van der Waals surface area contributed by atoms with Gasteiger partial charge in [-0.3, -0.25) is 25.8 Å². The molecule has 31 heavy (non-hydrogen) atoms. The van der Waals surface area contributed by atoms with Crippen LogP contribution >= 0.6 is 11.6 Å². The topological polar surface area (TPSA) is 143 Å². The predicted molar refractivity (Wildman–Crippen MR) is 112 cm³/mol. The number of carbonyl (C=O) groups excluding carboxylic acids is 2. The number of hydrazine groups is 1. The minimum atomic E-state index is -0.628. The Morgan fingerprint density at radius 1 is 1.23 bits per heavy atom. The zero-order valence-electron chi connectivity index (χ0n) is 16.6. The molecule has 0 saturated carbocycles. The molecule has 0 aliphatic carbocycles. The Labute approximate surface area is 182 Å². The summed E-state index contributed by atoms with van der Waals surface area (Å²) < 4.78 is 4.98. The lowest BCUT2D eigenvalue weighted by atomic mass is 10.2. The van der Waals surface area contributed by atoms with Crippen molar-refractivity contribution in [3.8, 4) is 0 Å². The summed E-state index contributed by atoms with van der Waals surface area (Å²) in [5.74, 6) is -0.677. The van der Waals surface area contributed by atoms with Crippen molar-refractivity contribution in [3.05, 3.63) is 51.3 Å². The third kappa shape index (κ3) is 5.09. The van der Waals surface area contributed by atoms with E-state index in [4.69, 9.17) is 16.3 Å². The van der Waals surface area contributed by atoms with E-state index in [1.54, 1.807) is 30.0 Å². The lowest BCUT2D eigenvalue weighted by Gasteiger charge is -2.34. The van der Waals surface area contributed by atoms with Crippen LogP contribution in [0.15, 0.2) is 30.6 Å². The van der Waals surface area contributed by atoms with E-state index >= 15 is 0 Å². The smallest absolute Gasteiger partial charge is 0.409 e. The molecular formula is C18H20ClN7O5. The Morgan fingerprint density at radius 2 is 1.94 bits per heavy atom. The fourth-order valence-corrected chi connectivity index (χ4v) is 3.23. The SMILES string of the molecule is CCOC(=O)N1CCN(c2ncnc(NNC(=O)c3ccccc3Cl)c2[N+](=O)[O-])CC1. The summed E-state index contributed by atoms with van der Waals surface area (Å²) in [5.41, 5.74) is 4.64. The van der Waals surface area contributed by atoms with Crippen molar-refractivity contribution in [1.29, 1.82) is 0 Å². The number of halogens is 1. The van der Waals surface area contributed by atoms with Crippen LogP contribution in [-0.2, 0) is 4.74 Å². The largest absolute Gasteiger partial charge is 0.450 e. The van der Waals surface area contributed by atoms with Crippen molar-refractivity contribution in [2.45, 2.75) is 6.92 Å². The zero-order chi connectivity index (χ0) is 22.4. The second-order valence-electron chi connectivity index (χ2n) is 6.38. The summed E-state index contributed by atoms with van der Waals surface area (Å²) >= 11 is 6.00. The highest BCUT2D eigenvalue weighted by molar-refractivity contribution is 6.33. The number of hydrogen-bond acceptors (Lipinski definition) is 9. The minimum Gasteiger partial charge on any atom is -0.450 e. The highest BCUT2D eigenvalue weighted by Gasteiger charge is 2.31. The molecule has 1 aromatic carbocycles. The maximum Gasteiger partial charge on any atom is 0.409 e. The lowest BCUT2D eigenvalue weighted by Crippen LogP contribution is -2.49. The number of anilines is 2. The van der Waals surface area contributed by atoms with Crippen LogP contribution in [0.1, 0.15) is 17.3 Å². The van der Waals surface area contributed by atoms with Gasteiger partial charge in [-0.05, 0) is 19.1 Å². The predicted octanol–water partition coefficient (Wildman–Crippen LogP) is 2.07. The molecule has 1 aliphatic rings. The molecule has 164 valence electrons. The van der Waals surface area contributed by atoms with Gasteiger partial charge < -0.3 is 14.5 Å². The molecule has 2 N–H and O–H groups in total. The number of nitro groups is 1. The molecule has 1 fully saturated rings. The van der Waals surface area contributed by atoms with Crippen molar-refractivity contribution >= 4 is 40.9 Å². The van der Waals surface area contributed by atoms with Crippen molar-refractivity contribution in [3.63, 3.8) is 0 Å². The third-order valence-electron chi connectivity index (χ3n) is 4.50. The molecule has 12 nitrogen and oxygen atoms in total. The van der Waals surface area contributed by atoms with E-state index in [-0.39, 0.29) is 28.8 Å². The van der Waals surface area contributed by atoms with Crippen LogP contribution < -0.4 is 15.8 Å². The molecular weight excluding hydrogens is 430 g/mol. The van der Waals surface area contributed by atoms with E-state index in [1.165, 1.54) is 11.0 Å². The van der Waals surface area contributed by atoms with Gasteiger partial charge in [0.2, 0.25) is 11.6 Å². The first-order valence-corrected chi connectivity index (χ1v) is 9.77. The van der Waals surface area contributed by atoms with Crippen LogP contribution in [0.4, 0.5) is 22.1 Å². The first kappa shape index (κ1) is 22.0. The molecule has 0 spiro atoms. The van der Waals surface area contributed by atoms with Crippen molar-refractivity contribution < 1.29 is 19.2 Å². The Morgan fingerprint density at radius 3 is 2.58 bits per heavy atom. The fraction of sp³-hybridized carbons (Fsp3) is 0.333. The first-order valence-electron chi connectivity index (χ1n) is 9.39. The number of ether oxygens (including phenoxy) is 1. The van der Waals surface area contributed by atoms with Crippen LogP contribution in [-0.4, -0.2) is 64.6 Å². The maximum atomic E-state index is 12.3. The fourth-order valence-electron chi connectivity index (χ4n) is 3.00. The molecule has 1 aromatic heterocycles. The number of amides is 2. The monoisotopic (exact) mass is 449 g/mol. The number of rotatable bonds is 6. The summed E-state index contributed by atoms with van der Waals surface area (Å²) in [6.45, 7) is 3.28. The molecule has 2 amide bonds. The molecule has 2 heterocycles. The van der Waals surface area contributed by atoms with Crippen LogP contribution in [0.5, 0.6) is 0 Å². The minimum absolute atomic E-state index is 0.0815. The summed E-state index contributed by atoms with van der Waals surface area (Å²) in [5, 5.41) is 12.0. The van der Waals surface area contributed by atoms with E-state index in [2.05, 4.69) is 20.8 Å². The second-order valence-corrected chi connectivity index (χ2v) is 6.79. The molecule has 13 heteroatoms. The number of benzene rings is 1. The van der Waals surface area contributed by atoms with Gasteiger partial charge in [0.1, 0.15) is 6.33 Å². The van der Waals surface area contributed by atoms with E-state index in [0.29, 0.717) is 26.2 Å². The van der Waals surface area contributed by atoms with E-state index in [0.717, 1.165) is 6.33 Å². The second kappa shape index (κ2) is 9.89. The number of carbonyl (C=O) groups is 2. The Hall–Kier alpha value is -3.67. The number of hydrogen-bond donors (Lipinski definition) is 2. The Bertz CT molecular complexity index is 982. The molecule has 0 bridgehead atoms. The lowest BCUT2D eigenvalue weighted by molar-refractivity contribution is -0.383. The van der Waals surface area contributed by atoms with E-state index < -0.39 is 22.6 Å². The van der Waals surface area contributed by atoms with Gasteiger partial charge in [-0.15, -0.1) is 0 Å². The standard InChI is InChI=1S/C18H20ClN7O5/c1-2-31-18(28)25-9-7-24(8-10-25)16-14(26(29)30)15(20-11-21-16)22-23-17(27)12-5-3-4-6-13(12)19/h3-6,11H,2,7-10H2,1H3,(H,23,27)(H,20,21,22). The summed E-state index contributed by atoms with van der Waals surface area (Å²) in [4.78, 5) is 46.4. The molecule has 2 aromatic rings. The summed E-state index contributed by atoms with van der Waals surface area (Å²) in [7, 11) is 0. The van der Waals surface area contributed by atoms with Gasteiger partial charge in [0.05, 0.1) is 22.1 Å². The van der Waals surface area contributed by atoms with Gasteiger partial charge in [0, 0.05) is 26.2 Å². The first-order chi connectivity index (χ1) is 14.9. The number of aromatic nitrogens is 2. The number of nitrogens with zero attached hydrogens (tertiary/aromatic N) is 5. The molecule has 1 saturated heterocycles. The number of nitrogens with one attached hydrogen (secondary N) is 2. The third-order valence-corrected chi connectivity index (χ3v) is 4.83.